The smallest absolute Gasteiger partial charge is 0.208 e. The lowest BCUT2D eigenvalue weighted by Crippen LogP contribution is -1.98. The van der Waals surface area contributed by atoms with Crippen molar-refractivity contribution in [3.8, 4) is 33.9 Å². The Morgan fingerprint density at radius 2 is 1.00 bits per heavy atom. The second-order valence-corrected chi connectivity index (χ2v) is 5.87. The van der Waals surface area contributed by atoms with Gasteiger partial charge in [0.05, 0.1) is 0 Å². The van der Waals surface area contributed by atoms with Gasteiger partial charge in [-0.1, -0.05) is 84.9 Å². The van der Waals surface area contributed by atoms with Crippen LogP contribution in [0.3, 0.4) is 0 Å². The molecule has 0 aliphatic rings. The molecule has 0 fully saturated rings. The van der Waals surface area contributed by atoms with E-state index in [1.54, 1.807) is 0 Å². The molecule has 0 radical (unpaired) electrons. The molecule has 4 heteroatoms. The Morgan fingerprint density at radius 3 is 1.68 bits per heavy atom. The highest BCUT2D eigenvalue weighted by Crippen LogP contribution is 2.31. The molecule has 3 nitrogen and oxygen atoms in total. The zero-order chi connectivity index (χ0) is 17.1. The average Bonchev–Trinajstić information content (AvgIpc) is 2.69. The molecule has 0 unspecified atom stereocenters. The molecule has 0 saturated heterocycles. The first kappa shape index (κ1) is 15.5. The predicted octanol–water partition coefficient (Wildman–Crippen LogP) is 5.53. The van der Waals surface area contributed by atoms with Crippen molar-refractivity contribution in [1.29, 1.82) is 0 Å². The van der Waals surface area contributed by atoms with Crippen molar-refractivity contribution < 1.29 is 0 Å². The maximum atomic E-state index is 6.19. The van der Waals surface area contributed by atoms with Gasteiger partial charge in [-0.15, -0.1) is 0 Å². The van der Waals surface area contributed by atoms with Gasteiger partial charge in [-0.25, -0.2) is 4.98 Å². The normalized spacial score (nSPS) is 10.6. The standard InChI is InChI=1S/C21H14ClN3/c22-21-24-19(16-11-5-2-6-12-16)23-20(25-21)18-14-8-7-13-17(18)15-9-3-1-4-10-15/h1-14H. The third kappa shape index (κ3) is 3.28. The van der Waals surface area contributed by atoms with Gasteiger partial charge in [-0.2, -0.15) is 9.97 Å². The lowest BCUT2D eigenvalue weighted by Gasteiger charge is -2.10. The lowest BCUT2D eigenvalue weighted by molar-refractivity contribution is 1.07. The number of hydrogen-bond donors (Lipinski definition) is 0. The molecular weight excluding hydrogens is 330 g/mol. The number of aromatic nitrogens is 3. The largest absolute Gasteiger partial charge is 0.226 e. The molecule has 4 rings (SSSR count). The molecule has 0 spiro atoms. The number of nitrogens with zero attached hydrogens (tertiary/aromatic N) is 3. The quantitative estimate of drug-likeness (QED) is 0.491. The van der Waals surface area contributed by atoms with Crippen molar-refractivity contribution >= 4 is 11.6 Å². The van der Waals surface area contributed by atoms with E-state index in [9.17, 15) is 0 Å². The average molecular weight is 344 g/mol. The minimum atomic E-state index is 0.187. The van der Waals surface area contributed by atoms with Gasteiger partial charge < -0.3 is 0 Å². The molecule has 120 valence electrons. The molecule has 0 bridgehead atoms. The van der Waals surface area contributed by atoms with Crippen molar-refractivity contribution in [3.05, 3.63) is 90.2 Å². The Morgan fingerprint density at radius 1 is 0.480 bits per heavy atom. The van der Waals surface area contributed by atoms with Crippen LogP contribution < -0.4 is 0 Å². The molecule has 0 aliphatic heterocycles. The van der Waals surface area contributed by atoms with Gasteiger partial charge in [0.15, 0.2) is 11.6 Å². The summed E-state index contributed by atoms with van der Waals surface area (Å²) in [6, 6.07) is 28.0. The number of halogens is 1. The number of rotatable bonds is 3. The van der Waals surface area contributed by atoms with Crippen molar-refractivity contribution in [2.75, 3.05) is 0 Å². The van der Waals surface area contributed by atoms with Crippen molar-refractivity contribution in [2.45, 2.75) is 0 Å². The maximum absolute atomic E-state index is 6.19. The molecule has 3 aromatic carbocycles. The molecule has 0 atom stereocenters. The summed E-state index contributed by atoms with van der Waals surface area (Å²) >= 11 is 6.19. The Labute approximate surface area is 151 Å². The highest BCUT2D eigenvalue weighted by molar-refractivity contribution is 6.28. The van der Waals surface area contributed by atoms with Crippen LogP contribution in [0.15, 0.2) is 84.9 Å². The number of benzene rings is 3. The van der Waals surface area contributed by atoms with Gasteiger partial charge in [0.25, 0.3) is 0 Å². The minimum absolute atomic E-state index is 0.187. The Hall–Kier alpha value is -3.04. The van der Waals surface area contributed by atoms with Crippen molar-refractivity contribution in [3.63, 3.8) is 0 Å². The van der Waals surface area contributed by atoms with Crippen LogP contribution in [0.4, 0.5) is 0 Å². The lowest BCUT2D eigenvalue weighted by atomic mass is 9.99. The van der Waals surface area contributed by atoms with Crippen LogP contribution in [0.1, 0.15) is 0 Å². The maximum Gasteiger partial charge on any atom is 0.226 e. The molecule has 0 aliphatic carbocycles. The van der Waals surface area contributed by atoms with E-state index in [4.69, 9.17) is 11.6 Å². The zero-order valence-electron chi connectivity index (χ0n) is 13.3. The van der Waals surface area contributed by atoms with E-state index in [1.807, 2.05) is 66.7 Å². The molecule has 0 amide bonds. The van der Waals surface area contributed by atoms with E-state index in [-0.39, 0.29) is 5.28 Å². The topological polar surface area (TPSA) is 38.7 Å². The first-order valence-corrected chi connectivity index (χ1v) is 8.31. The van der Waals surface area contributed by atoms with E-state index in [0.29, 0.717) is 11.6 Å². The van der Waals surface area contributed by atoms with Gasteiger partial charge in [0.2, 0.25) is 5.28 Å². The van der Waals surface area contributed by atoms with Gasteiger partial charge in [-0.3, -0.25) is 0 Å². The molecular formula is C21H14ClN3. The van der Waals surface area contributed by atoms with Crippen LogP contribution >= 0.6 is 11.6 Å². The van der Waals surface area contributed by atoms with Crippen LogP contribution in [0.25, 0.3) is 33.9 Å². The van der Waals surface area contributed by atoms with E-state index in [0.717, 1.165) is 22.3 Å². The van der Waals surface area contributed by atoms with Crippen LogP contribution in [0.2, 0.25) is 5.28 Å². The van der Waals surface area contributed by atoms with Gasteiger partial charge in [0.1, 0.15) is 0 Å². The van der Waals surface area contributed by atoms with E-state index < -0.39 is 0 Å². The fraction of sp³-hybridized carbons (Fsp3) is 0. The summed E-state index contributed by atoms with van der Waals surface area (Å²) < 4.78 is 0. The van der Waals surface area contributed by atoms with Gasteiger partial charge in [-0.05, 0) is 22.7 Å². The summed E-state index contributed by atoms with van der Waals surface area (Å²) in [5.74, 6) is 1.14. The van der Waals surface area contributed by atoms with E-state index in [1.165, 1.54) is 0 Å². The van der Waals surface area contributed by atoms with Crippen LogP contribution in [-0.4, -0.2) is 15.0 Å². The summed E-state index contributed by atoms with van der Waals surface area (Å²) in [6.45, 7) is 0. The summed E-state index contributed by atoms with van der Waals surface area (Å²) in [4.78, 5) is 13.3. The van der Waals surface area contributed by atoms with Crippen LogP contribution in [-0.2, 0) is 0 Å². The number of hydrogen-bond acceptors (Lipinski definition) is 3. The monoisotopic (exact) mass is 343 g/mol. The first-order chi connectivity index (χ1) is 12.3. The Balaban J connectivity index is 1.88. The van der Waals surface area contributed by atoms with Crippen molar-refractivity contribution in [1.82, 2.24) is 15.0 Å². The molecule has 1 heterocycles. The minimum Gasteiger partial charge on any atom is -0.208 e. The van der Waals surface area contributed by atoms with Crippen LogP contribution in [0, 0.1) is 0 Å². The van der Waals surface area contributed by atoms with Gasteiger partial charge >= 0.3 is 0 Å². The van der Waals surface area contributed by atoms with Gasteiger partial charge in [0, 0.05) is 11.1 Å². The fourth-order valence-electron chi connectivity index (χ4n) is 2.73. The highest BCUT2D eigenvalue weighted by atomic mass is 35.5. The second kappa shape index (κ2) is 6.83. The summed E-state index contributed by atoms with van der Waals surface area (Å²) in [7, 11) is 0. The first-order valence-electron chi connectivity index (χ1n) is 7.93. The molecule has 4 aromatic rings. The van der Waals surface area contributed by atoms with E-state index in [2.05, 4.69) is 33.2 Å². The fourth-order valence-corrected chi connectivity index (χ4v) is 2.89. The Bertz CT molecular complexity index is 1000. The SMILES string of the molecule is Clc1nc(-c2ccccc2)nc(-c2ccccc2-c2ccccc2)n1. The predicted molar refractivity (Wildman–Crippen MR) is 101 cm³/mol. The third-order valence-electron chi connectivity index (χ3n) is 3.89. The van der Waals surface area contributed by atoms with Crippen molar-refractivity contribution in [2.24, 2.45) is 0 Å². The summed E-state index contributed by atoms with van der Waals surface area (Å²) in [5.41, 5.74) is 4.00. The summed E-state index contributed by atoms with van der Waals surface area (Å²) in [5, 5.41) is 0.187. The third-order valence-corrected chi connectivity index (χ3v) is 4.06. The highest BCUT2D eigenvalue weighted by Gasteiger charge is 2.13. The molecule has 1 aromatic heterocycles. The second-order valence-electron chi connectivity index (χ2n) is 5.53. The summed E-state index contributed by atoms with van der Waals surface area (Å²) in [6.07, 6.45) is 0. The Kier molecular flexibility index (Phi) is 4.23. The van der Waals surface area contributed by atoms with E-state index >= 15 is 0 Å². The molecule has 0 N–H and O–H groups in total. The zero-order valence-corrected chi connectivity index (χ0v) is 14.1. The molecule has 25 heavy (non-hydrogen) atoms. The van der Waals surface area contributed by atoms with Crippen LogP contribution in [0.5, 0.6) is 0 Å². The molecule has 0 saturated carbocycles.